The highest BCUT2D eigenvalue weighted by Gasteiger charge is 2.16. The van der Waals surface area contributed by atoms with Gasteiger partial charge in [0.25, 0.3) is 0 Å². The maximum Gasteiger partial charge on any atom is 0.325 e. The number of fused-ring (bicyclic) bond motifs is 1. The Balaban J connectivity index is 1.67. The number of carboxylic acids is 1. The third kappa shape index (κ3) is 4.95. The number of hydrogen-bond donors (Lipinski definition) is 1. The number of carbonyl (C=O) groups excluding carboxylic acids is 1. The number of aromatic nitrogens is 3. The number of nitrogens with zero attached hydrogens (tertiary/aromatic N) is 3. The number of ether oxygens (including phenoxy) is 1. The standard InChI is InChI=1S/C24H21N3O4/c1-16-6-5-9-20(25-16)22(28)11-18-10-19-13-27(14-24(29)30)26-21(19)12-23(18)31-15-17-7-3-2-4-8-17/h2-10,12-13H,11,14-15H2,1H3,(H,29,30). The number of carbonyl (C=O) groups is 2. The van der Waals surface area contributed by atoms with Crippen molar-refractivity contribution in [2.45, 2.75) is 26.5 Å². The average molecular weight is 415 g/mol. The van der Waals surface area contributed by atoms with Crippen LogP contribution in [0, 0.1) is 6.92 Å². The molecular weight excluding hydrogens is 394 g/mol. The topological polar surface area (TPSA) is 94.3 Å². The van der Waals surface area contributed by atoms with Gasteiger partial charge in [0.1, 0.15) is 24.6 Å². The molecule has 0 aliphatic heterocycles. The Hall–Kier alpha value is -4.00. The molecule has 4 rings (SSSR count). The molecule has 0 fully saturated rings. The first-order valence-electron chi connectivity index (χ1n) is 9.83. The normalized spacial score (nSPS) is 10.9. The highest BCUT2D eigenvalue weighted by Crippen LogP contribution is 2.27. The molecule has 2 aromatic heterocycles. The van der Waals surface area contributed by atoms with Crippen molar-refractivity contribution in [2.24, 2.45) is 0 Å². The molecule has 31 heavy (non-hydrogen) atoms. The monoisotopic (exact) mass is 415 g/mol. The predicted octanol–water partition coefficient (Wildman–Crippen LogP) is 3.83. The minimum atomic E-state index is -0.978. The molecule has 0 radical (unpaired) electrons. The molecule has 0 saturated carbocycles. The van der Waals surface area contributed by atoms with Gasteiger partial charge in [-0.3, -0.25) is 19.3 Å². The molecule has 0 amide bonds. The molecule has 0 spiro atoms. The van der Waals surface area contributed by atoms with Crippen LogP contribution in [0.4, 0.5) is 0 Å². The highest BCUT2D eigenvalue weighted by molar-refractivity contribution is 5.97. The minimum absolute atomic E-state index is 0.112. The van der Waals surface area contributed by atoms with E-state index >= 15 is 0 Å². The summed E-state index contributed by atoms with van der Waals surface area (Å²) in [4.78, 5) is 28.2. The predicted molar refractivity (Wildman–Crippen MR) is 115 cm³/mol. The van der Waals surface area contributed by atoms with E-state index in [1.54, 1.807) is 18.3 Å². The minimum Gasteiger partial charge on any atom is -0.489 e. The fraction of sp³-hybridized carbons (Fsp3) is 0.167. The van der Waals surface area contributed by atoms with Gasteiger partial charge in [-0.15, -0.1) is 0 Å². The Morgan fingerprint density at radius 1 is 1.06 bits per heavy atom. The summed E-state index contributed by atoms with van der Waals surface area (Å²) in [6, 6.07) is 18.6. The summed E-state index contributed by atoms with van der Waals surface area (Å²) in [7, 11) is 0. The molecular formula is C24H21N3O4. The number of aliphatic carboxylic acids is 1. The zero-order chi connectivity index (χ0) is 21.8. The molecule has 2 heterocycles. The van der Waals surface area contributed by atoms with Gasteiger partial charge in [-0.1, -0.05) is 36.4 Å². The van der Waals surface area contributed by atoms with Crippen LogP contribution in [0.25, 0.3) is 10.9 Å². The zero-order valence-corrected chi connectivity index (χ0v) is 17.0. The first-order chi connectivity index (χ1) is 15.0. The number of benzene rings is 2. The quantitative estimate of drug-likeness (QED) is 0.440. The Kier molecular flexibility index (Phi) is 5.75. The van der Waals surface area contributed by atoms with Crippen molar-refractivity contribution in [3.63, 3.8) is 0 Å². The lowest BCUT2D eigenvalue weighted by Crippen LogP contribution is -2.08. The van der Waals surface area contributed by atoms with Gasteiger partial charge in [-0.25, -0.2) is 0 Å². The Labute approximate surface area is 178 Å². The van der Waals surface area contributed by atoms with E-state index in [1.165, 1.54) is 4.68 Å². The maximum atomic E-state index is 12.9. The summed E-state index contributed by atoms with van der Waals surface area (Å²) >= 11 is 0. The summed E-state index contributed by atoms with van der Waals surface area (Å²) in [5.74, 6) is -0.558. The molecule has 7 heteroatoms. The van der Waals surface area contributed by atoms with Crippen LogP contribution in [0.2, 0.25) is 0 Å². The second-order valence-electron chi connectivity index (χ2n) is 7.28. The van der Waals surface area contributed by atoms with Crippen LogP contribution >= 0.6 is 0 Å². The molecule has 156 valence electrons. The Morgan fingerprint density at radius 2 is 1.87 bits per heavy atom. The first-order valence-corrected chi connectivity index (χ1v) is 9.83. The molecule has 0 aliphatic carbocycles. The van der Waals surface area contributed by atoms with E-state index in [-0.39, 0.29) is 18.7 Å². The molecule has 0 bridgehead atoms. The van der Waals surface area contributed by atoms with Gasteiger partial charge in [-0.2, -0.15) is 5.10 Å². The van der Waals surface area contributed by atoms with E-state index in [4.69, 9.17) is 9.84 Å². The summed E-state index contributed by atoms with van der Waals surface area (Å²) in [5.41, 5.74) is 3.48. The molecule has 7 nitrogen and oxygen atoms in total. The van der Waals surface area contributed by atoms with Crippen LogP contribution in [0.3, 0.4) is 0 Å². The van der Waals surface area contributed by atoms with Gasteiger partial charge in [0, 0.05) is 35.3 Å². The number of carboxylic acid groups (broad SMARTS) is 1. The van der Waals surface area contributed by atoms with Gasteiger partial charge in [0.2, 0.25) is 0 Å². The lowest BCUT2D eigenvalue weighted by Gasteiger charge is -2.12. The summed E-state index contributed by atoms with van der Waals surface area (Å²) in [5, 5.41) is 14.1. The van der Waals surface area contributed by atoms with E-state index in [9.17, 15) is 9.59 Å². The van der Waals surface area contributed by atoms with Crippen molar-refractivity contribution in [1.82, 2.24) is 14.8 Å². The van der Waals surface area contributed by atoms with Crippen LogP contribution in [0.5, 0.6) is 5.75 Å². The SMILES string of the molecule is Cc1cccc(C(=O)Cc2cc3cn(CC(=O)O)nc3cc2OCc2ccccc2)n1. The Bertz CT molecular complexity index is 1250. The number of aryl methyl sites for hydroxylation is 1. The van der Waals surface area contributed by atoms with Crippen molar-refractivity contribution < 1.29 is 19.4 Å². The van der Waals surface area contributed by atoms with Crippen molar-refractivity contribution >= 4 is 22.7 Å². The zero-order valence-electron chi connectivity index (χ0n) is 17.0. The summed E-state index contributed by atoms with van der Waals surface area (Å²) in [6.07, 6.45) is 1.77. The van der Waals surface area contributed by atoms with Gasteiger partial charge >= 0.3 is 5.97 Å². The van der Waals surface area contributed by atoms with Crippen molar-refractivity contribution in [3.8, 4) is 5.75 Å². The van der Waals surface area contributed by atoms with Crippen LogP contribution in [-0.2, 0) is 24.4 Å². The fourth-order valence-electron chi connectivity index (χ4n) is 3.34. The van der Waals surface area contributed by atoms with Gasteiger partial charge < -0.3 is 9.84 Å². The number of Topliss-reactive ketones (excluding diaryl/α,β-unsaturated/α-hetero) is 1. The third-order valence-electron chi connectivity index (χ3n) is 4.79. The summed E-state index contributed by atoms with van der Waals surface area (Å²) < 4.78 is 7.41. The van der Waals surface area contributed by atoms with Gasteiger partial charge in [0.15, 0.2) is 5.78 Å². The van der Waals surface area contributed by atoms with E-state index in [0.717, 1.165) is 16.6 Å². The van der Waals surface area contributed by atoms with Crippen molar-refractivity contribution in [3.05, 3.63) is 89.4 Å². The average Bonchev–Trinajstić information content (AvgIpc) is 3.13. The van der Waals surface area contributed by atoms with Gasteiger partial charge in [-0.05, 0) is 30.7 Å². The van der Waals surface area contributed by atoms with Crippen molar-refractivity contribution in [1.29, 1.82) is 0 Å². The van der Waals surface area contributed by atoms with Crippen molar-refractivity contribution in [2.75, 3.05) is 0 Å². The van der Waals surface area contributed by atoms with E-state index in [1.807, 2.05) is 55.5 Å². The van der Waals surface area contributed by atoms with Crippen LogP contribution < -0.4 is 4.74 Å². The second-order valence-corrected chi connectivity index (χ2v) is 7.28. The smallest absolute Gasteiger partial charge is 0.325 e. The first kappa shape index (κ1) is 20.3. The molecule has 0 atom stereocenters. The molecule has 2 aromatic carbocycles. The fourth-order valence-corrected chi connectivity index (χ4v) is 3.34. The molecule has 4 aromatic rings. The molecule has 1 N–H and O–H groups in total. The highest BCUT2D eigenvalue weighted by atomic mass is 16.5. The van der Waals surface area contributed by atoms with Crippen LogP contribution in [0.1, 0.15) is 27.3 Å². The maximum absolute atomic E-state index is 12.9. The Morgan fingerprint density at radius 3 is 2.61 bits per heavy atom. The largest absolute Gasteiger partial charge is 0.489 e. The number of pyridine rings is 1. The molecule has 0 aliphatic rings. The number of rotatable bonds is 8. The third-order valence-corrected chi connectivity index (χ3v) is 4.79. The van der Waals surface area contributed by atoms with E-state index in [2.05, 4.69) is 10.1 Å². The number of hydrogen-bond acceptors (Lipinski definition) is 5. The van der Waals surface area contributed by atoms with Crippen LogP contribution in [-0.4, -0.2) is 31.6 Å². The number of ketones is 1. The summed E-state index contributed by atoms with van der Waals surface area (Å²) in [6.45, 7) is 1.94. The van der Waals surface area contributed by atoms with Crippen LogP contribution in [0.15, 0.2) is 66.9 Å². The van der Waals surface area contributed by atoms with Gasteiger partial charge in [0.05, 0.1) is 5.52 Å². The van der Waals surface area contributed by atoms with E-state index in [0.29, 0.717) is 29.1 Å². The second kappa shape index (κ2) is 8.79. The lowest BCUT2D eigenvalue weighted by molar-refractivity contribution is -0.137. The van der Waals surface area contributed by atoms with E-state index < -0.39 is 5.97 Å². The lowest BCUT2D eigenvalue weighted by atomic mass is 10.0. The molecule has 0 unspecified atom stereocenters. The molecule has 0 saturated heterocycles.